The van der Waals surface area contributed by atoms with Crippen molar-refractivity contribution in [3.05, 3.63) is 98.6 Å². The SMILES string of the molecule is O=C(O)c1ccc2c(c1)[C@H]1[C@H](Cl)[C@H](Sc3ccccc3[N+](=O)[O-])C[C@H]1[C@H](c1ccccc1Cl)N2. The van der Waals surface area contributed by atoms with Crippen LogP contribution in [0.4, 0.5) is 11.4 Å². The first-order valence-electron chi connectivity index (χ1n) is 10.8. The van der Waals surface area contributed by atoms with Crippen LogP contribution >= 0.6 is 35.0 Å². The van der Waals surface area contributed by atoms with E-state index < -0.39 is 5.97 Å². The molecule has 3 aromatic rings. The number of nitrogens with one attached hydrogen (secondary N) is 1. The number of hydrogen-bond acceptors (Lipinski definition) is 5. The summed E-state index contributed by atoms with van der Waals surface area (Å²) in [5.74, 6) is -1.11. The summed E-state index contributed by atoms with van der Waals surface area (Å²) in [7, 11) is 0. The molecule has 2 N–H and O–H groups in total. The van der Waals surface area contributed by atoms with Crippen molar-refractivity contribution in [3.8, 4) is 0 Å². The fraction of sp³-hybridized carbons (Fsp3) is 0.240. The van der Waals surface area contributed by atoms with Crippen LogP contribution in [0.3, 0.4) is 0 Å². The second kappa shape index (κ2) is 9.13. The van der Waals surface area contributed by atoms with Crippen LogP contribution in [-0.2, 0) is 0 Å². The van der Waals surface area contributed by atoms with Crippen molar-refractivity contribution in [1.82, 2.24) is 0 Å². The lowest BCUT2D eigenvalue weighted by molar-refractivity contribution is -0.387. The number of carboxylic acid groups (broad SMARTS) is 1. The average molecular weight is 515 g/mol. The van der Waals surface area contributed by atoms with Gasteiger partial charge < -0.3 is 10.4 Å². The predicted octanol–water partition coefficient (Wildman–Crippen LogP) is 6.99. The second-order valence-electron chi connectivity index (χ2n) is 8.50. The molecule has 1 aliphatic carbocycles. The number of fused-ring (bicyclic) bond motifs is 3. The van der Waals surface area contributed by atoms with Crippen LogP contribution in [0, 0.1) is 16.0 Å². The molecule has 5 rings (SSSR count). The lowest BCUT2D eigenvalue weighted by atomic mass is 9.77. The van der Waals surface area contributed by atoms with Gasteiger partial charge in [0.05, 0.1) is 26.8 Å². The second-order valence-corrected chi connectivity index (χ2v) is 10.7. The molecule has 5 atom stereocenters. The number of rotatable bonds is 5. The van der Waals surface area contributed by atoms with E-state index in [0.717, 1.165) is 16.8 Å². The molecule has 1 heterocycles. The number of thioether (sulfide) groups is 1. The van der Waals surface area contributed by atoms with Gasteiger partial charge in [0.25, 0.3) is 5.69 Å². The average Bonchev–Trinajstić information content (AvgIpc) is 3.15. The highest BCUT2D eigenvalue weighted by Gasteiger charge is 2.50. The Morgan fingerprint density at radius 2 is 1.82 bits per heavy atom. The molecule has 174 valence electrons. The molecule has 6 nitrogen and oxygen atoms in total. The van der Waals surface area contributed by atoms with Crippen LogP contribution in [0.15, 0.2) is 71.6 Å². The van der Waals surface area contributed by atoms with Crippen LogP contribution in [0.2, 0.25) is 5.02 Å². The van der Waals surface area contributed by atoms with Gasteiger partial charge in [-0.1, -0.05) is 41.9 Å². The predicted molar refractivity (Wildman–Crippen MR) is 134 cm³/mol. The van der Waals surface area contributed by atoms with E-state index in [9.17, 15) is 20.0 Å². The zero-order valence-electron chi connectivity index (χ0n) is 17.7. The molecule has 2 aliphatic rings. The Morgan fingerprint density at radius 1 is 1.09 bits per heavy atom. The lowest BCUT2D eigenvalue weighted by Gasteiger charge is -2.38. The number of carboxylic acids is 1. The molecule has 0 unspecified atom stereocenters. The van der Waals surface area contributed by atoms with Gasteiger partial charge in [-0.25, -0.2) is 4.79 Å². The van der Waals surface area contributed by atoms with E-state index in [1.165, 1.54) is 17.8 Å². The number of hydrogen-bond donors (Lipinski definition) is 2. The molecule has 9 heteroatoms. The number of aromatic carboxylic acids is 1. The molecule has 1 saturated carbocycles. The third kappa shape index (κ3) is 4.02. The largest absolute Gasteiger partial charge is 0.478 e. The smallest absolute Gasteiger partial charge is 0.335 e. The third-order valence-electron chi connectivity index (χ3n) is 6.64. The lowest BCUT2D eigenvalue weighted by Crippen LogP contribution is -2.31. The van der Waals surface area contributed by atoms with E-state index in [4.69, 9.17) is 23.2 Å². The Hall–Kier alpha value is -2.74. The number of alkyl halides is 1. The Morgan fingerprint density at radius 3 is 2.56 bits per heavy atom. The van der Waals surface area contributed by atoms with Gasteiger partial charge in [0.15, 0.2) is 0 Å². The van der Waals surface area contributed by atoms with Crippen LogP contribution in [0.1, 0.15) is 39.9 Å². The van der Waals surface area contributed by atoms with Crippen LogP contribution in [0.5, 0.6) is 0 Å². The summed E-state index contributed by atoms with van der Waals surface area (Å²) in [6.45, 7) is 0. The Bertz CT molecular complexity index is 1290. The minimum absolute atomic E-state index is 0.0270. The summed E-state index contributed by atoms with van der Waals surface area (Å²) in [6, 6.07) is 19.3. The van der Waals surface area contributed by atoms with Crippen molar-refractivity contribution in [2.45, 2.75) is 33.9 Å². The zero-order chi connectivity index (χ0) is 24.0. The van der Waals surface area contributed by atoms with E-state index in [1.807, 2.05) is 24.3 Å². The monoisotopic (exact) mass is 514 g/mol. The van der Waals surface area contributed by atoms with Gasteiger partial charge in [0.2, 0.25) is 0 Å². The number of anilines is 1. The maximum Gasteiger partial charge on any atom is 0.335 e. The molecule has 3 aromatic carbocycles. The van der Waals surface area contributed by atoms with Crippen molar-refractivity contribution < 1.29 is 14.8 Å². The summed E-state index contributed by atoms with van der Waals surface area (Å²) < 4.78 is 0. The minimum atomic E-state index is -0.998. The number of halogens is 2. The van der Waals surface area contributed by atoms with Crippen molar-refractivity contribution in [2.75, 3.05) is 5.32 Å². The maximum absolute atomic E-state index is 11.7. The summed E-state index contributed by atoms with van der Waals surface area (Å²) in [5, 5.41) is 24.8. The molecule has 1 fully saturated rings. The Kier molecular flexibility index (Phi) is 6.18. The summed E-state index contributed by atoms with van der Waals surface area (Å²) in [6.07, 6.45) is 0.690. The van der Waals surface area contributed by atoms with Crippen molar-refractivity contribution in [3.63, 3.8) is 0 Å². The quantitative estimate of drug-likeness (QED) is 0.216. The van der Waals surface area contributed by atoms with E-state index in [1.54, 1.807) is 36.4 Å². The number of benzene rings is 3. The molecule has 0 aromatic heterocycles. The fourth-order valence-electron chi connectivity index (χ4n) is 5.15. The summed E-state index contributed by atoms with van der Waals surface area (Å²) in [5.41, 5.74) is 2.90. The number of para-hydroxylation sites is 1. The minimum Gasteiger partial charge on any atom is -0.478 e. The van der Waals surface area contributed by atoms with E-state index >= 15 is 0 Å². The van der Waals surface area contributed by atoms with Gasteiger partial charge in [0.1, 0.15) is 0 Å². The first kappa shape index (κ1) is 23.0. The highest BCUT2D eigenvalue weighted by atomic mass is 35.5. The highest BCUT2D eigenvalue weighted by molar-refractivity contribution is 8.00. The number of nitro benzene ring substituents is 1. The highest BCUT2D eigenvalue weighted by Crippen LogP contribution is 2.58. The molecular formula is C25H20Cl2N2O4S. The molecule has 34 heavy (non-hydrogen) atoms. The number of nitro groups is 1. The first-order chi connectivity index (χ1) is 16.3. The van der Waals surface area contributed by atoms with Crippen LogP contribution < -0.4 is 5.32 Å². The Labute approximate surface area is 210 Å². The maximum atomic E-state index is 11.7. The Balaban J connectivity index is 1.57. The molecule has 0 amide bonds. The summed E-state index contributed by atoms with van der Waals surface area (Å²) in [4.78, 5) is 23.4. The van der Waals surface area contributed by atoms with E-state index in [2.05, 4.69) is 5.32 Å². The van der Waals surface area contributed by atoms with Crippen molar-refractivity contribution >= 4 is 52.3 Å². The van der Waals surface area contributed by atoms with Gasteiger partial charge in [-0.15, -0.1) is 23.4 Å². The third-order valence-corrected chi connectivity index (χ3v) is 9.10. The van der Waals surface area contributed by atoms with Gasteiger partial charge >= 0.3 is 5.97 Å². The number of nitrogens with zero attached hydrogens (tertiary/aromatic N) is 1. The normalized spacial score (nSPS) is 25.2. The number of carbonyl (C=O) groups is 1. The van der Waals surface area contributed by atoms with E-state index in [-0.39, 0.29) is 44.7 Å². The fourth-order valence-corrected chi connectivity index (χ4v) is 7.35. The molecule has 0 spiro atoms. The molecule has 0 radical (unpaired) electrons. The first-order valence-corrected chi connectivity index (χ1v) is 12.5. The van der Waals surface area contributed by atoms with Crippen molar-refractivity contribution in [1.29, 1.82) is 0 Å². The molecule has 0 bridgehead atoms. The van der Waals surface area contributed by atoms with Gasteiger partial charge in [-0.3, -0.25) is 10.1 Å². The van der Waals surface area contributed by atoms with Gasteiger partial charge in [-0.2, -0.15) is 0 Å². The zero-order valence-corrected chi connectivity index (χ0v) is 20.1. The standard InChI is InChI=1S/C25H20Cl2N2O4S/c26-17-6-2-1-5-14(17)24-16-12-21(34-20-8-4-3-7-19(20)29(32)33)23(27)22(16)15-11-13(25(30)31)9-10-18(15)28-24/h1-11,16,21-24,28H,12H2,(H,30,31)/t16-,21-,22-,23-,24+/m1/s1. The van der Waals surface area contributed by atoms with Crippen molar-refractivity contribution in [2.24, 2.45) is 5.92 Å². The van der Waals surface area contributed by atoms with Crippen LogP contribution in [-0.4, -0.2) is 26.6 Å². The van der Waals surface area contributed by atoms with Gasteiger partial charge in [-0.05, 0) is 53.8 Å². The summed E-state index contributed by atoms with van der Waals surface area (Å²) >= 11 is 15.1. The van der Waals surface area contributed by atoms with Gasteiger partial charge in [0, 0.05) is 27.9 Å². The van der Waals surface area contributed by atoms with Crippen LogP contribution in [0.25, 0.3) is 0 Å². The van der Waals surface area contributed by atoms with E-state index in [0.29, 0.717) is 16.3 Å². The molecule has 0 saturated heterocycles. The molecule has 1 aliphatic heterocycles. The molecular weight excluding hydrogens is 495 g/mol. The topological polar surface area (TPSA) is 92.5 Å².